The lowest BCUT2D eigenvalue weighted by atomic mass is 10.0. The molecule has 0 aliphatic carbocycles. The second kappa shape index (κ2) is 8.28. The maximum absolute atomic E-state index is 12.2. The lowest BCUT2D eigenvalue weighted by molar-refractivity contribution is 0.311. The highest BCUT2D eigenvalue weighted by atomic mass is 35.5. The first-order chi connectivity index (χ1) is 14.7. The molecule has 2 aromatic carbocycles. The van der Waals surface area contributed by atoms with Crippen molar-refractivity contribution in [3.05, 3.63) is 69.6 Å². The van der Waals surface area contributed by atoms with Gasteiger partial charge in [-0.05, 0) is 54.8 Å². The van der Waals surface area contributed by atoms with Crippen molar-refractivity contribution in [2.45, 2.75) is 12.8 Å². The standard InChI is InChI=1S/C22H21ClN2O5S/c1-25-13-18-17-11-16(24-31(2,27)28)6-8-20(17)30-19-7-5-15(23)10-14(19)4-3-9-29-21(18)12-22(25)26/h5-8,10-13,24H,3-4,9H2,1-2H3. The molecule has 0 saturated carbocycles. The topological polar surface area (TPSA) is 86.6 Å². The van der Waals surface area contributed by atoms with Gasteiger partial charge in [0.15, 0.2) is 0 Å². The number of nitrogens with zero attached hydrogens (tertiary/aromatic N) is 1. The van der Waals surface area contributed by atoms with E-state index in [1.807, 2.05) is 12.1 Å². The number of halogens is 1. The Labute approximate surface area is 185 Å². The molecule has 1 aliphatic rings. The van der Waals surface area contributed by atoms with Gasteiger partial charge >= 0.3 is 0 Å². The van der Waals surface area contributed by atoms with Crippen LogP contribution in [0.1, 0.15) is 12.0 Å². The normalized spacial score (nSPS) is 13.5. The second-order valence-corrected chi connectivity index (χ2v) is 9.58. The number of aromatic nitrogens is 1. The van der Waals surface area contributed by atoms with E-state index in [0.29, 0.717) is 58.5 Å². The second-order valence-electron chi connectivity index (χ2n) is 7.39. The molecule has 1 aromatic heterocycles. The minimum absolute atomic E-state index is 0.212. The average molecular weight is 461 g/mol. The first-order valence-corrected chi connectivity index (χ1v) is 11.9. The van der Waals surface area contributed by atoms with Crippen LogP contribution in [0.5, 0.6) is 17.2 Å². The average Bonchev–Trinajstić information content (AvgIpc) is 2.71. The van der Waals surface area contributed by atoms with E-state index >= 15 is 0 Å². The van der Waals surface area contributed by atoms with Crippen LogP contribution in [-0.4, -0.2) is 25.8 Å². The van der Waals surface area contributed by atoms with Gasteiger partial charge in [-0.3, -0.25) is 9.52 Å². The van der Waals surface area contributed by atoms with E-state index in [1.165, 1.54) is 10.6 Å². The van der Waals surface area contributed by atoms with Crippen molar-refractivity contribution in [2.75, 3.05) is 17.6 Å². The molecule has 1 aliphatic heterocycles. The zero-order chi connectivity index (χ0) is 22.2. The van der Waals surface area contributed by atoms with E-state index in [-0.39, 0.29) is 5.56 Å². The number of hydrogen-bond donors (Lipinski definition) is 1. The fourth-order valence-corrected chi connectivity index (χ4v) is 4.20. The maximum Gasteiger partial charge on any atom is 0.254 e. The quantitative estimate of drug-likeness (QED) is 0.619. The van der Waals surface area contributed by atoms with Crippen LogP contribution in [0.2, 0.25) is 5.02 Å². The molecule has 0 unspecified atom stereocenters. The maximum atomic E-state index is 12.2. The number of aryl methyl sites for hydroxylation is 2. The first kappa shape index (κ1) is 21.3. The van der Waals surface area contributed by atoms with Crippen molar-refractivity contribution >= 4 is 27.3 Å². The molecular weight excluding hydrogens is 440 g/mol. The molecular formula is C22H21ClN2O5S. The monoisotopic (exact) mass is 460 g/mol. The van der Waals surface area contributed by atoms with E-state index in [4.69, 9.17) is 21.1 Å². The number of nitrogens with one attached hydrogen (secondary N) is 1. The Kier molecular flexibility index (Phi) is 5.68. The predicted molar refractivity (Wildman–Crippen MR) is 121 cm³/mol. The molecule has 7 nitrogen and oxygen atoms in total. The number of pyridine rings is 1. The van der Waals surface area contributed by atoms with Gasteiger partial charge in [-0.15, -0.1) is 0 Å². The molecule has 0 atom stereocenters. The van der Waals surface area contributed by atoms with Crippen molar-refractivity contribution in [1.29, 1.82) is 0 Å². The number of benzene rings is 2. The van der Waals surface area contributed by atoms with Gasteiger partial charge < -0.3 is 14.0 Å². The smallest absolute Gasteiger partial charge is 0.254 e. The molecule has 9 heteroatoms. The van der Waals surface area contributed by atoms with Crippen molar-refractivity contribution < 1.29 is 17.9 Å². The third-order valence-corrected chi connectivity index (χ3v) is 5.70. The molecule has 0 fully saturated rings. The summed E-state index contributed by atoms with van der Waals surface area (Å²) in [6.45, 7) is 0.392. The van der Waals surface area contributed by atoms with E-state index in [1.54, 1.807) is 37.5 Å². The minimum atomic E-state index is -3.48. The molecule has 0 bridgehead atoms. The molecule has 162 valence electrons. The summed E-state index contributed by atoms with van der Waals surface area (Å²) in [5.74, 6) is 1.56. The minimum Gasteiger partial charge on any atom is -0.493 e. The van der Waals surface area contributed by atoms with Crippen LogP contribution in [-0.2, 0) is 23.5 Å². The highest BCUT2D eigenvalue weighted by Gasteiger charge is 2.19. The summed E-state index contributed by atoms with van der Waals surface area (Å²) in [6.07, 6.45) is 4.12. The van der Waals surface area contributed by atoms with Crippen LogP contribution >= 0.6 is 11.6 Å². The molecule has 0 spiro atoms. The number of hydrogen-bond acceptors (Lipinski definition) is 5. The first-order valence-electron chi connectivity index (χ1n) is 9.61. The molecule has 2 heterocycles. The Bertz CT molecular complexity index is 1320. The molecule has 1 N–H and O–H groups in total. The summed E-state index contributed by atoms with van der Waals surface area (Å²) in [4.78, 5) is 12.2. The van der Waals surface area contributed by atoms with Crippen LogP contribution < -0.4 is 19.8 Å². The summed E-state index contributed by atoms with van der Waals surface area (Å²) >= 11 is 6.18. The SMILES string of the molecule is Cn1cc2c(cc1=O)OCCCc1cc(Cl)ccc1Oc1ccc(NS(C)(=O)=O)cc1-2. The van der Waals surface area contributed by atoms with Gasteiger partial charge in [0.05, 0.1) is 12.9 Å². The third kappa shape index (κ3) is 4.86. The zero-order valence-corrected chi connectivity index (χ0v) is 18.6. The number of fused-ring (bicyclic) bond motifs is 4. The van der Waals surface area contributed by atoms with Crippen molar-refractivity contribution in [3.63, 3.8) is 0 Å². The Hall–Kier alpha value is -2.97. The molecule has 0 radical (unpaired) electrons. The van der Waals surface area contributed by atoms with E-state index in [0.717, 1.165) is 11.8 Å². The van der Waals surface area contributed by atoms with Gasteiger partial charge in [0.25, 0.3) is 5.56 Å². The van der Waals surface area contributed by atoms with Gasteiger partial charge in [-0.1, -0.05) is 11.6 Å². The lowest BCUT2D eigenvalue weighted by Crippen LogP contribution is -2.16. The van der Waals surface area contributed by atoms with Gasteiger partial charge in [0, 0.05) is 41.1 Å². The number of anilines is 1. The Morgan fingerprint density at radius 1 is 1.03 bits per heavy atom. The lowest BCUT2D eigenvalue weighted by Gasteiger charge is -2.17. The molecule has 3 aromatic rings. The fourth-order valence-electron chi connectivity index (χ4n) is 3.45. The Morgan fingerprint density at radius 2 is 1.81 bits per heavy atom. The Balaban J connectivity index is 1.94. The van der Waals surface area contributed by atoms with Crippen LogP contribution in [0.25, 0.3) is 11.1 Å². The van der Waals surface area contributed by atoms with Crippen molar-refractivity contribution in [3.8, 4) is 28.4 Å². The van der Waals surface area contributed by atoms with Crippen LogP contribution in [0, 0.1) is 0 Å². The number of sulfonamides is 1. The third-order valence-electron chi connectivity index (χ3n) is 4.85. The summed E-state index contributed by atoms with van der Waals surface area (Å²) < 4.78 is 39.6. The van der Waals surface area contributed by atoms with Gasteiger partial charge in [-0.25, -0.2) is 8.42 Å². The van der Waals surface area contributed by atoms with Crippen molar-refractivity contribution in [1.82, 2.24) is 4.57 Å². The summed E-state index contributed by atoms with van der Waals surface area (Å²) in [5, 5.41) is 0.609. The van der Waals surface area contributed by atoms with Crippen molar-refractivity contribution in [2.24, 2.45) is 7.05 Å². The fraction of sp³-hybridized carbons (Fsp3) is 0.227. The number of rotatable bonds is 2. The van der Waals surface area contributed by atoms with Crippen LogP contribution in [0.3, 0.4) is 0 Å². The molecule has 31 heavy (non-hydrogen) atoms. The highest BCUT2D eigenvalue weighted by molar-refractivity contribution is 7.92. The highest BCUT2D eigenvalue weighted by Crippen LogP contribution is 2.41. The summed E-state index contributed by atoms with van der Waals surface area (Å²) in [5.41, 5.74) is 2.29. The van der Waals surface area contributed by atoms with Gasteiger partial charge in [0.2, 0.25) is 10.0 Å². The van der Waals surface area contributed by atoms with E-state index in [2.05, 4.69) is 4.72 Å². The zero-order valence-electron chi connectivity index (χ0n) is 17.0. The predicted octanol–water partition coefficient (Wildman–Crippen LogP) is 4.19. The van der Waals surface area contributed by atoms with E-state index < -0.39 is 10.0 Å². The molecule has 4 rings (SSSR count). The molecule has 0 amide bonds. The van der Waals surface area contributed by atoms with Crippen LogP contribution in [0.15, 0.2) is 53.5 Å². The summed E-state index contributed by atoms with van der Waals surface area (Å²) in [7, 11) is -1.83. The van der Waals surface area contributed by atoms with Gasteiger partial charge in [-0.2, -0.15) is 0 Å². The molecule has 0 saturated heterocycles. The summed E-state index contributed by atoms with van der Waals surface area (Å²) in [6, 6.07) is 11.8. The van der Waals surface area contributed by atoms with Gasteiger partial charge in [0.1, 0.15) is 17.2 Å². The Morgan fingerprint density at radius 3 is 2.58 bits per heavy atom. The largest absolute Gasteiger partial charge is 0.493 e. The number of ether oxygens (including phenoxy) is 2. The van der Waals surface area contributed by atoms with E-state index in [9.17, 15) is 13.2 Å². The van der Waals surface area contributed by atoms with Crippen LogP contribution in [0.4, 0.5) is 5.69 Å².